The van der Waals surface area contributed by atoms with Crippen LogP contribution in [-0.2, 0) is 11.2 Å². The third kappa shape index (κ3) is 3.70. The highest BCUT2D eigenvalue weighted by atomic mass is 32.2. The van der Waals surface area contributed by atoms with Gasteiger partial charge in [-0.3, -0.25) is 4.79 Å². The fraction of sp³-hybridized carbons (Fsp3) is 0.583. The Morgan fingerprint density at radius 1 is 1.41 bits per heavy atom. The Bertz CT molecular complexity index is 419. The Morgan fingerprint density at radius 2 is 2.06 bits per heavy atom. The van der Waals surface area contributed by atoms with E-state index in [4.69, 9.17) is 5.11 Å². The highest BCUT2D eigenvalue weighted by Gasteiger charge is 2.13. The van der Waals surface area contributed by atoms with E-state index in [0.29, 0.717) is 0 Å². The van der Waals surface area contributed by atoms with Crippen LogP contribution in [0.15, 0.2) is 5.03 Å². The number of carbonyl (C=O) groups is 1. The normalized spacial score (nSPS) is 10.9. The van der Waals surface area contributed by atoms with Crippen molar-refractivity contribution in [3.8, 4) is 0 Å². The zero-order valence-electron chi connectivity index (χ0n) is 10.6. The van der Waals surface area contributed by atoms with E-state index in [1.54, 1.807) is 0 Å². The SMILES string of the molecule is CCc1c(C)nc(C(C)C)nc1SCC(=O)O. The Balaban J connectivity index is 3.09. The van der Waals surface area contributed by atoms with E-state index in [-0.39, 0.29) is 11.7 Å². The monoisotopic (exact) mass is 254 g/mol. The molecule has 0 unspecified atom stereocenters. The topological polar surface area (TPSA) is 63.1 Å². The van der Waals surface area contributed by atoms with Gasteiger partial charge in [-0.1, -0.05) is 32.5 Å². The largest absolute Gasteiger partial charge is 0.481 e. The first-order valence-corrected chi connectivity index (χ1v) is 6.66. The van der Waals surface area contributed by atoms with Gasteiger partial charge in [-0.2, -0.15) is 0 Å². The molecule has 0 aliphatic heterocycles. The first-order chi connectivity index (χ1) is 7.95. The highest BCUT2D eigenvalue weighted by molar-refractivity contribution is 7.99. The van der Waals surface area contributed by atoms with Gasteiger partial charge in [0.05, 0.1) is 5.75 Å². The van der Waals surface area contributed by atoms with E-state index >= 15 is 0 Å². The van der Waals surface area contributed by atoms with E-state index in [1.165, 1.54) is 11.8 Å². The first kappa shape index (κ1) is 14.0. The standard InChI is InChI=1S/C12H18N2O2S/c1-5-9-8(4)13-11(7(2)3)14-12(9)17-6-10(15)16/h7H,5-6H2,1-4H3,(H,15,16). The molecule has 0 radical (unpaired) electrons. The molecule has 0 saturated heterocycles. The van der Waals surface area contributed by atoms with Crippen molar-refractivity contribution in [3.63, 3.8) is 0 Å². The molecule has 4 nitrogen and oxygen atoms in total. The molecular formula is C12H18N2O2S. The van der Waals surface area contributed by atoms with Crippen LogP contribution in [0.25, 0.3) is 0 Å². The van der Waals surface area contributed by atoms with Crippen molar-refractivity contribution in [1.29, 1.82) is 0 Å². The van der Waals surface area contributed by atoms with Gasteiger partial charge < -0.3 is 5.11 Å². The summed E-state index contributed by atoms with van der Waals surface area (Å²) in [7, 11) is 0. The molecule has 0 saturated carbocycles. The molecule has 94 valence electrons. The summed E-state index contributed by atoms with van der Waals surface area (Å²) in [5, 5.41) is 9.53. The summed E-state index contributed by atoms with van der Waals surface area (Å²) in [6, 6.07) is 0. The second-order valence-electron chi connectivity index (χ2n) is 4.14. The van der Waals surface area contributed by atoms with Crippen LogP contribution in [0.1, 0.15) is 43.8 Å². The summed E-state index contributed by atoms with van der Waals surface area (Å²) in [5.41, 5.74) is 2.01. The molecule has 0 aliphatic carbocycles. The summed E-state index contributed by atoms with van der Waals surface area (Å²) in [6.07, 6.45) is 0.826. The molecule has 1 heterocycles. The van der Waals surface area contributed by atoms with E-state index in [2.05, 4.69) is 9.97 Å². The molecule has 5 heteroatoms. The van der Waals surface area contributed by atoms with Gasteiger partial charge >= 0.3 is 5.97 Å². The number of carboxylic acid groups (broad SMARTS) is 1. The van der Waals surface area contributed by atoms with Crippen LogP contribution in [0.4, 0.5) is 0 Å². The molecule has 0 atom stereocenters. The Hall–Kier alpha value is -1.10. The molecule has 0 fully saturated rings. The predicted octanol–water partition coefficient (Wildman–Crippen LogP) is 2.65. The average molecular weight is 254 g/mol. The summed E-state index contributed by atoms with van der Waals surface area (Å²) in [4.78, 5) is 19.5. The van der Waals surface area contributed by atoms with Crippen LogP contribution < -0.4 is 0 Å². The molecule has 0 spiro atoms. The maximum Gasteiger partial charge on any atom is 0.313 e. The molecule has 1 aromatic rings. The lowest BCUT2D eigenvalue weighted by atomic mass is 10.1. The van der Waals surface area contributed by atoms with E-state index in [1.807, 2.05) is 27.7 Å². The number of hydrogen-bond donors (Lipinski definition) is 1. The number of aliphatic carboxylic acids is 1. The van der Waals surface area contributed by atoms with E-state index in [9.17, 15) is 4.79 Å². The molecule has 17 heavy (non-hydrogen) atoms. The van der Waals surface area contributed by atoms with Gasteiger partial charge in [0, 0.05) is 17.2 Å². The third-order valence-electron chi connectivity index (χ3n) is 2.40. The Morgan fingerprint density at radius 3 is 2.53 bits per heavy atom. The number of aryl methyl sites for hydroxylation is 1. The Labute approximate surface area is 106 Å². The van der Waals surface area contributed by atoms with Gasteiger partial charge in [-0.15, -0.1) is 0 Å². The van der Waals surface area contributed by atoms with Crippen molar-refractivity contribution in [2.45, 2.75) is 45.1 Å². The Kier molecular flexibility index (Phi) is 4.93. The van der Waals surface area contributed by atoms with E-state index in [0.717, 1.165) is 28.5 Å². The third-order valence-corrected chi connectivity index (χ3v) is 3.40. The van der Waals surface area contributed by atoms with Crippen molar-refractivity contribution in [3.05, 3.63) is 17.1 Å². The maximum atomic E-state index is 10.6. The summed E-state index contributed by atoms with van der Waals surface area (Å²) in [5.74, 6) is 0.261. The number of carboxylic acids is 1. The van der Waals surface area contributed by atoms with Gasteiger partial charge in [0.2, 0.25) is 0 Å². The number of aromatic nitrogens is 2. The quantitative estimate of drug-likeness (QED) is 0.646. The lowest BCUT2D eigenvalue weighted by Crippen LogP contribution is -2.07. The van der Waals surface area contributed by atoms with Crippen molar-refractivity contribution in [2.24, 2.45) is 0 Å². The average Bonchev–Trinajstić information content (AvgIpc) is 2.25. The van der Waals surface area contributed by atoms with Crippen molar-refractivity contribution in [2.75, 3.05) is 5.75 Å². The smallest absolute Gasteiger partial charge is 0.313 e. The molecular weight excluding hydrogens is 236 g/mol. The minimum atomic E-state index is -0.820. The summed E-state index contributed by atoms with van der Waals surface area (Å²) < 4.78 is 0. The lowest BCUT2D eigenvalue weighted by molar-refractivity contribution is -0.133. The predicted molar refractivity (Wildman–Crippen MR) is 68.6 cm³/mol. The van der Waals surface area contributed by atoms with Crippen molar-refractivity contribution >= 4 is 17.7 Å². The molecule has 1 aromatic heterocycles. The van der Waals surface area contributed by atoms with Crippen LogP contribution in [0.2, 0.25) is 0 Å². The van der Waals surface area contributed by atoms with Gasteiger partial charge in [0.15, 0.2) is 0 Å². The van der Waals surface area contributed by atoms with Crippen molar-refractivity contribution in [1.82, 2.24) is 9.97 Å². The minimum absolute atomic E-state index is 0.0426. The first-order valence-electron chi connectivity index (χ1n) is 5.67. The maximum absolute atomic E-state index is 10.6. The highest BCUT2D eigenvalue weighted by Crippen LogP contribution is 2.25. The molecule has 1 rings (SSSR count). The van der Waals surface area contributed by atoms with Crippen LogP contribution in [0.3, 0.4) is 0 Å². The molecule has 0 aliphatic rings. The van der Waals surface area contributed by atoms with Gasteiger partial charge in [-0.25, -0.2) is 9.97 Å². The number of nitrogens with zero attached hydrogens (tertiary/aromatic N) is 2. The lowest BCUT2D eigenvalue weighted by Gasteiger charge is -2.12. The van der Waals surface area contributed by atoms with Crippen LogP contribution in [0.5, 0.6) is 0 Å². The van der Waals surface area contributed by atoms with Gasteiger partial charge in [0.1, 0.15) is 10.9 Å². The number of rotatable bonds is 5. The summed E-state index contributed by atoms with van der Waals surface area (Å²) in [6.45, 7) is 8.06. The molecule has 1 N–H and O–H groups in total. The zero-order valence-corrected chi connectivity index (χ0v) is 11.5. The second kappa shape index (κ2) is 6.00. The van der Waals surface area contributed by atoms with Crippen LogP contribution >= 0.6 is 11.8 Å². The summed E-state index contributed by atoms with van der Waals surface area (Å²) >= 11 is 1.27. The van der Waals surface area contributed by atoms with Crippen LogP contribution in [-0.4, -0.2) is 26.8 Å². The van der Waals surface area contributed by atoms with Crippen molar-refractivity contribution < 1.29 is 9.90 Å². The second-order valence-corrected chi connectivity index (χ2v) is 5.11. The number of thioether (sulfide) groups is 1. The fourth-order valence-electron chi connectivity index (χ4n) is 1.51. The van der Waals surface area contributed by atoms with Gasteiger partial charge in [0.25, 0.3) is 0 Å². The molecule has 0 bridgehead atoms. The van der Waals surface area contributed by atoms with Crippen LogP contribution in [0, 0.1) is 6.92 Å². The van der Waals surface area contributed by atoms with Gasteiger partial charge in [-0.05, 0) is 13.3 Å². The number of hydrogen-bond acceptors (Lipinski definition) is 4. The fourth-order valence-corrected chi connectivity index (χ4v) is 2.39. The van der Waals surface area contributed by atoms with E-state index < -0.39 is 5.97 Å². The molecule has 0 amide bonds. The molecule has 0 aromatic carbocycles. The zero-order chi connectivity index (χ0) is 13.0. The minimum Gasteiger partial charge on any atom is -0.481 e.